The molecule has 67 heavy (non-hydrogen) atoms. The van der Waals surface area contributed by atoms with Crippen molar-refractivity contribution < 1.29 is 24.5 Å². The van der Waals surface area contributed by atoms with Gasteiger partial charge in [-0.25, -0.2) is 0 Å². The molecule has 0 aliphatic rings. The number of aliphatic hydroxyl groups excluding tert-OH is 2. The fourth-order valence-electron chi connectivity index (χ4n) is 9.94. The van der Waals surface area contributed by atoms with E-state index in [-0.39, 0.29) is 18.5 Å². The van der Waals surface area contributed by atoms with Crippen molar-refractivity contribution in [2.75, 3.05) is 13.2 Å². The van der Waals surface area contributed by atoms with Crippen LogP contribution in [0.25, 0.3) is 0 Å². The molecule has 0 saturated heterocycles. The third-order valence-corrected chi connectivity index (χ3v) is 14.7. The molecule has 0 heterocycles. The van der Waals surface area contributed by atoms with Crippen LogP contribution in [0.1, 0.15) is 354 Å². The molecule has 0 radical (unpaired) electrons. The first-order valence-electron chi connectivity index (χ1n) is 30.8. The highest BCUT2D eigenvalue weighted by Gasteiger charge is 2.20. The number of carbonyl (C=O) groups excluding carboxylic acids is 2. The highest BCUT2D eigenvalue weighted by molar-refractivity contribution is 5.76. The Morgan fingerprint density at radius 1 is 0.358 bits per heavy atom. The highest BCUT2D eigenvalue weighted by Crippen LogP contribution is 2.18. The van der Waals surface area contributed by atoms with Crippen molar-refractivity contribution in [1.82, 2.24) is 5.32 Å². The molecule has 0 aromatic carbocycles. The second kappa shape index (κ2) is 57.4. The van der Waals surface area contributed by atoms with Gasteiger partial charge in [-0.2, -0.15) is 0 Å². The second-order valence-electron chi connectivity index (χ2n) is 21.4. The zero-order valence-electron chi connectivity index (χ0n) is 45.7. The van der Waals surface area contributed by atoms with Gasteiger partial charge in [-0.3, -0.25) is 9.59 Å². The Hall–Kier alpha value is -1.14. The van der Waals surface area contributed by atoms with Crippen LogP contribution in [0.4, 0.5) is 0 Å². The lowest BCUT2D eigenvalue weighted by atomic mass is 10.0. The number of ether oxygens (including phenoxy) is 1. The van der Waals surface area contributed by atoms with Crippen LogP contribution < -0.4 is 5.32 Å². The molecule has 2 atom stereocenters. The maximum atomic E-state index is 12.5. The van der Waals surface area contributed by atoms with E-state index in [1.165, 1.54) is 283 Å². The molecule has 6 nitrogen and oxygen atoms in total. The fourth-order valence-corrected chi connectivity index (χ4v) is 9.94. The zero-order valence-corrected chi connectivity index (χ0v) is 45.7. The first kappa shape index (κ1) is 65.9. The number of hydrogen-bond donors (Lipinski definition) is 3. The molecule has 0 bridgehead atoms. The van der Waals surface area contributed by atoms with Crippen LogP contribution in [0.2, 0.25) is 0 Å². The molecule has 0 aliphatic heterocycles. The Morgan fingerprint density at radius 2 is 0.612 bits per heavy atom. The number of unbranched alkanes of at least 4 members (excludes halogenated alkanes) is 47. The molecule has 0 spiro atoms. The Bertz CT molecular complexity index is 959. The van der Waals surface area contributed by atoms with E-state index in [0.717, 1.165) is 38.5 Å². The number of nitrogens with one attached hydrogen (secondary N) is 1. The topological polar surface area (TPSA) is 95.9 Å². The summed E-state index contributed by atoms with van der Waals surface area (Å²) in [6, 6.07) is -0.539. The standard InChI is InChI=1S/C61H121NO5/c1-3-5-7-9-11-13-15-17-18-28-31-35-39-43-47-51-55-61(66)67-56-52-48-44-40-36-32-29-26-24-22-20-19-21-23-25-27-30-34-38-42-46-50-54-60(65)62-58(57-63)59(64)53-49-45-41-37-33-16-14-12-10-8-6-4-2/h58-59,63-64H,3-57H2,1-2H3,(H,62,65). The average Bonchev–Trinajstić information content (AvgIpc) is 3.33. The van der Waals surface area contributed by atoms with Gasteiger partial charge in [0, 0.05) is 12.8 Å². The van der Waals surface area contributed by atoms with Gasteiger partial charge in [0.25, 0.3) is 0 Å². The van der Waals surface area contributed by atoms with Gasteiger partial charge >= 0.3 is 5.97 Å². The van der Waals surface area contributed by atoms with Crippen molar-refractivity contribution >= 4 is 11.9 Å². The highest BCUT2D eigenvalue weighted by atomic mass is 16.5. The van der Waals surface area contributed by atoms with Gasteiger partial charge in [-0.15, -0.1) is 0 Å². The molecule has 0 aliphatic carbocycles. The molecule has 1 amide bonds. The first-order chi connectivity index (χ1) is 33.0. The largest absolute Gasteiger partial charge is 0.466 e. The van der Waals surface area contributed by atoms with E-state index in [1.807, 2.05) is 0 Å². The Labute approximate surface area is 419 Å². The number of hydrogen-bond acceptors (Lipinski definition) is 5. The number of amides is 1. The lowest BCUT2D eigenvalue weighted by Crippen LogP contribution is -2.45. The summed E-state index contributed by atoms with van der Waals surface area (Å²) in [6.07, 6.45) is 66.8. The van der Waals surface area contributed by atoms with Crippen LogP contribution in [0, 0.1) is 0 Å². The van der Waals surface area contributed by atoms with E-state index in [0.29, 0.717) is 25.9 Å². The molecule has 3 N–H and O–H groups in total. The molecular weight excluding hydrogens is 827 g/mol. The number of rotatable bonds is 58. The van der Waals surface area contributed by atoms with Crippen molar-refractivity contribution in [2.45, 2.75) is 366 Å². The van der Waals surface area contributed by atoms with Crippen molar-refractivity contribution in [1.29, 1.82) is 0 Å². The quantitative estimate of drug-likeness (QED) is 0.0417. The summed E-state index contributed by atoms with van der Waals surface area (Å²) in [5.74, 6) is -0.0158. The first-order valence-corrected chi connectivity index (χ1v) is 30.8. The molecule has 0 aromatic rings. The molecule has 0 aromatic heterocycles. The van der Waals surface area contributed by atoms with E-state index in [2.05, 4.69) is 19.2 Å². The molecule has 0 fully saturated rings. The smallest absolute Gasteiger partial charge is 0.305 e. The van der Waals surface area contributed by atoms with Crippen LogP contribution in [-0.4, -0.2) is 47.4 Å². The van der Waals surface area contributed by atoms with Crippen LogP contribution >= 0.6 is 0 Å². The molecular formula is C61H121NO5. The van der Waals surface area contributed by atoms with Crippen LogP contribution in [0.5, 0.6) is 0 Å². The molecule has 0 rings (SSSR count). The van der Waals surface area contributed by atoms with E-state index in [1.54, 1.807) is 0 Å². The third-order valence-electron chi connectivity index (χ3n) is 14.7. The molecule has 2 unspecified atom stereocenters. The minimum Gasteiger partial charge on any atom is -0.466 e. The fraction of sp³-hybridized carbons (Fsp3) is 0.967. The van der Waals surface area contributed by atoms with Crippen molar-refractivity contribution in [3.8, 4) is 0 Å². The van der Waals surface area contributed by atoms with E-state index in [9.17, 15) is 19.8 Å². The minimum atomic E-state index is -0.662. The normalized spacial score (nSPS) is 12.5. The van der Waals surface area contributed by atoms with Crippen molar-refractivity contribution in [3.63, 3.8) is 0 Å². The van der Waals surface area contributed by atoms with E-state index < -0.39 is 12.1 Å². The Kier molecular flexibility index (Phi) is 56.5. The van der Waals surface area contributed by atoms with Crippen molar-refractivity contribution in [2.24, 2.45) is 0 Å². The zero-order chi connectivity index (χ0) is 48.6. The summed E-state index contributed by atoms with van der Waals surface area (Å²) in [7, 11) is 0. The summed E-state index contributed by atoms with van der Waals surface area (Å²) in [4.78, 5) is 24.5. The Morgan fingerprint density at radius 3 is 0.910 bits per heavy atom. The average molecular weight is 949 g/mol. The monoisotopic (exact) mass is 948 g/mol. The third kappa shape index (κ3) is 54.0. The van der Waals surface area contributed by atoms with Crippen LogP contribution in [0.15, 0.2) is 0 Å². The lowest BCUT2D eigenvalue weighted by molar-refractivity contribution is -0.143. The van der Waals surface area contributed by atoms with Crippen LogP contribution in [-0.2, 0) is 14.3 Å². The van der Waals surface area contributed by atoms with Gasteiger partial charge in [0.2, 0.25) is 5.91 Å². The second-order valence-corrected chi connectivity index (χ2v) is 21.4. The molecule has 0 saturated carbocycles. The minimum absolute atomic E-state index is 0.0176. The number of carbonyl (C=O) groups is 2. The van der Waals surface area contributed by atoms with Gasteiger partial charge in [-0.1, -0.05) is 316 Å². The van der Waals surface area contributed by atoms with Crippen molar-refractivity contribution in [3.05, 3.63) is 0 Å². The lowest BCUT2D eigenvalue weighted by Gasteiger charge is -2.22. The maximum Gasteiger partial charge on any atom is 0.305 e. The van der Waals surface area contributed by atoms with Gasteiger partial charge < -0.3 is 20.3 Å². The molecule has 6 heteroatoms. The summed E-state index contributed by atoms with van der Waals surface area (Å²) >= 11 is 0. The number of aliphatic hydroxyl groups is 2. The van der Waals surface area contributed by atoms with Gasteiger partial charge in [0.05, 0.1) is 25.4 Å². The van der Waals surface area contributed by atoms with Gasteiger partial charge in [-0.05, 0) is 25.7 Å². The van der Waals surface area contributed by atoms with Gasteiger partial charge in [0.15, 0.2) is 0 Å². The summed E-state index contributed by atoms with van der Waals surface area (Å²) < 4.78 is 5.49. The SMILES string of the molecule is CCCCCCCCCCCCCCCCCCC(=O)OCCCCCCCCCCCCCCCCCCCCCCCCC(=O)NC(CO)C(O)CCCCCCCCCCCCCC. The Balaban J connectivity index is 3.33. The number of esters is 1. The predicted molar refractivity (Wildman–Crippen MR) is 292 cm³/mol. The van der Waals surface area contributed by atoms with E-state index in [4.69, 9.17) is 4.74 Å². The summed E-state index contributed by atoms with van der Waals surface area (Å²) in [5, 5.41) is 23.2. The van der Waals surface area contributed by atoms with E-state index >= 15 is 0 Å². The molecule has 400 valence electrons. The maximum absolute atomic E-state index is 12.5. The van der Waals surface area contributed by atoms with Crippen LogP contribution in [0.3, 0.4) is 0 Å². The summed E-state index contributed by atoms with van der Waals surface area (Å²) in [5.41, 5.74) is 0. The summed E-state index contributed by atoms with van der Waals surface area (Å²) in [6.45, 7) is 4.98. The predicted octanol–water partition coefficient (Wildman–Crippen LogP) is 19.1. The van der Waals surface area contributed by atoms with Gasteiger partial charge in [0.1, 0.15) is 0 Å².